The van der Waals surface area contributed by atoms with Crippen LogP contribution in [0.3, 0.4) is 0 Å². The van der Waals surface area contributed by atoms with Gasteiger partial charge in [0.1, 0.15) is 0 Å². The van der Waals surface area contributed by atoms with Gasteiger partial charge in [0.25, 0.3) is 0 Å². The Kier molecular flexibility index (Phi) is 4.88. The summed E-state index contributed by atoms with van der Waals surface area (Å²) in [5, 5.41) is 0. The average molecular weight is 111 g/mol. The Balaban J connectivity index is 2.19. The summed E-state index contributed by atoms with van der Waals surface area (Å²) in [6.07, 6.45) is 0. The quantitative estimate of drug-likeness (QED) is 0.357. The minimum absolute atomic E-state index is 0.302. The average Bonchev–Trinajstić information content (AvgIpc) is 1.41. The van der Waals surface area contributed by atoms with Gasteiger partial charge < -0.3 is 4.43 Å². The van der Waals surface area contributed by atoms with Crippen molar-refractivity contribution in [3.05, 3.63) is 0 Å². The Morgan fingerprint density at radius 1 is 2.00 bits per heavy atom. The van der Waals surface area contributed by atoms with Crippen molar-refractivity contribution >= 4 is 21.4 Å². The molecule has 0 fully saturated rings. The lowest BCUT2D eigenvalue weighted by Gasteiger charge is -1.81. The Morgan fingerprint density at radius 2 is 2.60 bits per heavy atom. The van der Waals surface area contributed by atoms with E-state index in [0.29, 0.717) is 0 Å². The predicted molar refractivity (Wildman–Crippen MR) is 26.3 cm³/mol. The minimum Gasteiger partial charge on any atom is -0.426 e. The van der Waals surface area contributed by atoms with E-state index < -0.39 is 0 Å². The summed E-state index contributed by atoms with van der Waals surface area (Å²) < 4.78 is 4.70. The topological polar surface area (TPSA) is 9.23 Å². The van der Waals surface area contributed by atoms with Crippen molar-refractivity contribution in [3.63, 3.8) is 0 Å². The molecule has 3 heteroatoms. The van der Waals surface area contributed by atoms with Gasteiger partial charge in [-0.3, -0.25) is 0 Å². The molecular weight excluding hydrogens is 104 g/mol. The maximum Gasteiger partial charge on any atom is 0.175 e. The molecule has 0 saturated carbocycles. The van der Waals surface area contributed by atoms with Crippen molar-refractivity contribution in [1.82, 2.24) is 0 Å². The van der Waals surface area contributed by atoms with Crippen LogP contribution in [0.25, 0.3) is 0 Å². The van der Waals surface area contributed by atoms with E-state index in [1.165, 1.54) is 0 Å². The fourth-order valence-electron chi connectivity index (χ4n) is 0.0772. The highest BCUT2D eigenvalue weighted by atomic mass is 35.5. The maximum absolute atomic E-state index is 5.24. The highest BCUT2D eigenvalue weighted by Crippen LogP contribution is 1.66. The molecule has 0 aromatic heterocycles. The minimum atomic E-state index is -0.302. The lowest BCUT2D eigenvalue weighted by molar-refractivity contribution is 0.445. The Labute approximate surface area is 39.2 Å². The molecule has 0 unspecified atom stereocenters. The van der Waals surface area contributed by atoms with Crippen LogP contribution in [0.15, 0.2) is 0 Å². The fraction of sp³-hybridized carbons (Fsp3) is 1.00. The van der Waals surface area contributed by atoms with Gasteiger partial charge in [0, 0.05) is 12.6 Å². The highest BCUT2D eigenvalue weighted by molar-refractivity contribution is 6.45. The monoisotopic (exact) mass is 110 g/mol. The van der Waals surface area contributed by atoms with Gasteiger partial charge in [-0.2, -0.15) is 0 Å². The largest absolute Gasteiger partial charge is 0.426 e. The summed E-state index contributed by atoms with van der Waals surface area (Å²) in [5.41, 5.74) is 0.733. The molecule has 0 aliphatic carbocycles. The van der Waals surface area contributed by atoms with Crippen molar-refractivity contribution in [1.29, 1.82) is 0 Å². The fourth-order valence-corrected chi connectivity index (χ4v) is 0.694. The van der Waals surface area contributed by atoms with Gasteiger partial charge in [0.2, 0.25) is 0 Å². The summed E-state index contributed by atoms with van der Waals surface area (Å²) in [4.78, 5) is 0. The van der Waals surface area contributed by atoms with E-state index in [4.69, 9.17) is 16.0 Å². The number of hydrogen-bond donors (Lipinski definition) is 0. The number of hydrogen-bond acceptors (Lipinski definition) is 1. The van der Waals surface area contributed by atoms with E-state index in [2.05, 4.69) is 0 Å². The lowest BCUT2D eigenvalue weighted by atomic mass is 11.8. The normalized spacial score (nSPS) is 10.8. The third kappa shape index (κ3) is 4.47. The summed E-state index contributed by atoms with van der Waals surface area (Å²) >= 11 is 5.24. The zero-order valence-electron chi connectivity index (χ0n) is 3.20. The van der Waals surface area contributed by atoms with E-state index in [1.807, 2.05) is 0 Å². The van der Waals surface area contributed by atoms with Crippen LogP contribution in [-0.2, 0) is 4.43 Å². The molecule has 0 spiro atoms. The van der Waals surface area contributed by atoms with Gasteiger partial charge in [-0.25, -0.2) is 0 Å². The van der Waals surface area contributed by atoms with Crippen LogP contribution in [0.1, 0.15) is 0 Å². The molecule has 0 aromatic carbocycles. The summed E-state index contributed by atoms with van der Waals surface area (Å²) in [6.45, 7) is 0. The van der Waals surface area contributed by atoms with E-state index in [1.54, 1.807) is 7.11 Å². The number of alkyl halides is 1. The van der Waals surface area contributed by atoms with Crippen LogP contribution < -0.4 is 0 Å². The van der Waals surface area contributed by atoms with Crippen molar-refractivity contribution in [2.45, 2.75) is 0 Å². The van der Waals surface area contributed by atoms with E-state index >= 15 is 0 Å². The summed E-state index contributed by atoms with van der Waals surface area (Å²) in [6, 6.07) is 0. The molecular formula is C2H7ClOSi. The predicted octanol–water partition coefficient (Wildman–Crippen LogP) is -0.0871. The number of halogens is 1. The van der Waals surface area contributed by atoms with E-state index in [-0.39, 0.29) is 9.76 Å². The van der Waals surface area contributed by atoms with Crippen LogP contribution in [0.4, 0.5) is 0 Å². The van der Waals surface area contributed by atoms with Crippen LogP contribution >= 0.6 is 11.6 Å². The second kappa shape index (κ2) is 4.47. The second-order valence-corrected chi connectivity index (χ2v) is 3.18. The standard InChI is InChI=1S/C2H7ClOSi/c1-4-5-2-3/h2,5H2,1H3. The van der Waals surface area contributed by atoms with Gasteiger partial charge in [0.15, 0.2) is 9.76 Å². The molecule has 0 amide bonds. The van der Waals surface area contributed by atoms with Crippen LogP contribution in [0, 0.1) is 0 Å². The molecule has 0 heterocycles. The molecule has 0 radical (unpaired) electrons. The Hall–Kier alpha value is 0.467. The third-order valence-corrected chi connectivity index (χ3v) is 1.31. The maximum atomic E-state index is 5.24. The first-order valence-corrected chi connectivity index (χ1v) is 3.58. The Morgan fingerprint density at radius 3 is 2.60 bits per heavy atom. The SMILES string of the molecule is CO[SiH2]CCl. The van der Waals surface area contributed by atoms with E-state index in [9.17, 15) is 0 Å². The first-order valence-electron chi connectivity index (χ1n) is 1.46. The molecule has 0 N–H and O–H groups in total. The van der Waals surface area contributed by atoms with Gasteiger partial charge in [-0.15, -0.1) is 11.6 Å². The van der Waals surface area contributed by atoms with Crippen LogP contribution in [-0.4, -0.2) is 22.4 Å². The van der Waals surface area contributed by atoms with E-state index in [0.717, 1.165) is 5.50 Å². The summed E-state index contributed by atoms with van der Waals surface area (Å²) in [5.74, 6) is 0. The molecule has 0 atom stereocenters. The van der Waals surface area contributed by atoms with Crippen molar-refractivity contribution in [3.8, 4) is 0 Å². The van der Waals surface area contributed by atoms with Gasteiger partial charge in [0.05, 0.1) is 0 Å². The van der Waals surface area contributed by atoms with Gasteiger partial charge in [-0.1, -0.05) is 0 Å². The van der Waals surface area contributed by atoms with Gasteiger partial charge >= 0.3 is 0 Å². The molecule has 0 saturated heterocycles. The molecule has 0 aliphatic rings. The van der Waals surface area contributed by atoms with Crippen molar-refractivity contribution in [2.75, 3.05) is 12.6 Å². The lowest BCUT2D eigenvalue weighted by Crippen LogP contribution is -1.92. The number of rotatable bonds is 2. The van der Waals surface area contributed by atoms with Crippen molar-refractivity contribution in [2.24, 2.45) is 0 Å². The Bertz CT molecular complexity index is 17.1. The van der Waals surface area contributed by atoms with Gasteiger partial charge in [-0.05, 0) is 0 Å². The molecule has 0 aromatic rings. The van der Waals surface area contributed by atoms with Crippen LogP contribution in [0.5, 0.6) is 0 Å². The second-order valence-electron chi connectivity index (χ2n) is 0.682. The van der Waals surface area contributed by atoms with Crippen molar-refractivity contribution < 1.29 is 4.43 Å². The smallest absolute Gasteiger partial charge is 0.175 e. The zero-order valence-corrected chi connectivity index (χ0v) is 5.37. The highest BCUT2D eigenvalue weighted by Gasteiger charge is 1.71. The van der Waals surface area contributed by atoms with Crippen LogP contribution in [0.2, 0.25) is 0 Å². The third-order valence-electron chi connectivity index (χ3n) is 0.281. The first kappa shape index (κ1) is 5.47. The zero-order chi connectivity index (χ0) is 4.12. The molecule has 32 valence electrons. The molecule has 0 bridgehead atoms. The first-order chi connectivity index (χ1) is 2.41. The molecule has 1 nitrogen and oxygen atoms in total. The summed E-state index contributed by atoms with van der Waals surface area (Å²) in [7, 11) is 1.39. The molecule has 0 aliphatic heterocycles. The molecule has 0 rings (SSSR count). The molecule has 5 heavy (non-hydrogen) atoms.